The van der Waals surface area contributed by atoms with Gasteiger partial charge in [-0.1, -0.05) is 24.6 Å². The minimum atomic E-state index is -5.03. The molecular formula is C29H28F6N4O. The SMILES string of the molecule is O=C(N/C=C1/CCCCC1Nc1cc(N2CCCC2)c2ccccc2n1)c1cc(C(F)(F)F)cc(C(F)(F)F)c1. The number of anilines is 2. The van der Waals surface area contributed by atoms with Crippen LogP contribution in [0.2, 0.25) is 0 Å². The molecule has 1 saturated carbocycles. The third-order valence-corrected chi connectivity index (χ3v) is 7.36. The molecule has 5 rings (SSSR count). The highest BCUT2D eigenvalue weighted by molar-refractivity contribution is 5.95. The number of carbonyl (C=O) groups excluding carboxylic acids is 1. The van der Waals surface area contributed by atoms with E-state index in [-0.39, 0.29) is 12.1 Å². The van der Waals surface area contributed by atoms with Gasteiger partial charge in [-0.05, 0) is 61.9 Å². The molecule has 0 bridgehead atoms. The highest BCUT2D eigenvalue weighted by Crippen LogP contribution is 2.37. The first-order chi connectivity index (χ1) is 19.0. The number of hydrogen-bond acceptors (Lipinski definition) is 4. The molecule has 1 aliphatic heterocycles. The molecule has 0 radical (unpaired) electrons. The van der Waals surface area contributed by atoms with Gasteiger partial charge in [-0.2, -0.15) is 26.3 Å². The summed E-state index contributed by atoms with van der Waals surface area (Å²) in [5.74, 6) is -0.383. The number of pyridine rings is 1. The Labute approximate surface area is 227 Å². The van der Waals surface area contributed by atoms with Gasteiger partial charge in [0.25, 0.3) is 5.91 Å². The van der Waals surface area contributed by atoms with Crippen LogP contribution in [0.4, 0.5) is 37.8 Å². The number of aromatic nitrogens is 1. The summed E-state index contributed by atoms with van der Waals surface area (Å²) in [6, 6.07) is 10.6. The van der Waals surface area contributed by atoms with E-state index in [0.29, 0.717) is 24.4 Å². The quantitative estimate of drug-likeness (QED) is 0.316. The largest absolute Gasteiger partial charge is 0.416 e. The van der Waals surface area contributed by atoms with Gasteiger partial charge in [0.15, 0.2) is 0 Å². The number of fused-ring (bicyclic) bond motifs is 1. The zero-order valence-corrected chi connectivity index (χ0v) is 21.5. The molecule has 3 aromatic rings. The third kappa shape index (κ3) is 6.18. The topological polar surface area (TPSA) is 57.3 Å². The minimum Gasteiger partial charge on any atom is -0.371 e. The van der Waals surface area contributed by atoms with E-state index in [1.165, 1.54) is 6.20 Å². The lowest BCUT2D eigenvalue weighted by atomic mass is 9.90. The molecule has 2 heterocycles. The fourth-order valence-corrected chi connectivity index (χ4v) is 5.33. The zero-order valence-electron chi connectivity index (χ0n) is 21.5. The van der Waals surface area contributed by atoms with Crippen molar-refractivity contribution < 1.29 is 31.1 Å². The van der Waals surface area contributed by atoms with Crippen LogP contribution in [-0.4, -0.2) is 30.0 Å². The van der Waals surface area contributed by atoms with E-state index in [0.717, 1.165) is 67.4 Å². The first kappa shape index (κ1) is 27.8. The van der Waals surface area contributed by atoms with Crippen LogP contribution in [-0.2, 0) is 12.4 Å². The number of nitrogens with zero attached hydrogens (tertiary/aromatic N) is 2. The van der Waals surface area contributed by atoms with Crippen LogP contribution in [0.3, 0.4) is 0 Å². The van der Waals surface area contributed by atoms with Crippen molar-refractivity contribution in [3.63, 3.8) is 0 Å². The summed E-state index contributed by atoms with van der Waals surface area (Å²) in [6.07, 6.45) is -3.34. The Morgan fingerprint density at radius 1 is 0.900 bits per heavy atom. The molecule has 5 nitrogen and oxygen atoms in total. The van der Waals surface area contributed by atoms with E-state index >= 15 is 0 Å². The van der Waals surface area contributed by atoms with Crippen molar-refractivity contribution in [1.82, 2.24) is 10.3 Å². The Balaban J connectivity index is 1.39. The molecule has 2 N–H and O–H groups in total. The number of rotatable bonds is 5. The maximum atomic E-state index is 13.2. The Morgan fingerprint density at radius 2 is 1.57 bits per heavy atom. The molecule has 1 aliphatic carbocycles. The summed E-state index contributed by atoms with van der Waals surface area (Å²) in [4.78, 5) is 19.8. The molecule has 2 fully saturated rings. The molecule has 0 spiro atoms. The number of amides is 1. The Bertz CT molecular complexity index is 1390. The monoisotopic (exact) mass is 562 g/mol. The number of nitrogens with one attached hydrogen (secondary N) is 2. The van der Waals surface area contributed by atoms with Crippen molar-refractivity contribution in [3.05, 3.63) is 77.0 Å². The van der Waals surface area contributed by atoms with Crippen LogP contribution in [0.25, 0.3) is 10.9 Å². The van der Waals surface area contributed by atoms with Crippen molar-refractivity contribution in [2.45, 2.75) is 56.9 Å². The second-order valence-corrected chi connectivity index (χ2v) is 10.2. The lowest BCUT2D eigenvalue weighted by Gasteiger charge is -2.28. The second-order valence-electron chi connectivity index (χ2n) is 10.2. The van der Waals surface area contributed by atoms with E-state index < -0.39 is 35.0 Å². The molecular weight excluding hydrogens is 534 g/mol. The summed E-state index contributed by atoms with van der Waals surface area (Å²) in [5.41, 5.74) is -1.06. The highest BCUT2D eigenvalue weighted by Gasteiger charge is 2.37. The van der Waals surface area contributed by atoms with Gasteiger partial charge in [-0.3, -0.25) is 4.79 Å². The first-order valence-electron chi connectivity index (χ1n) is 13.2. The Hall–Kier alpha value is -3.76. The zero-order chi connectivity index (χ0) is 28.5. The maximum absolute atomic E-state index is 13.2. The second kappa shape index (κ2) is 11.0. The minimum absolute atomic E-state index is 0.00327. The predicted octanol–water partition coefficient (Wildman–Crippen LogP) is 7.54. The summed E-state index contributed by atoms with van der Waals surface area (Å²) < 4.78 is 79.4. The van der Waals surface area contributed by atoms with Crippen LogP contribution in [0, 0.1) is 0 Å². The number of benzene rings is 2. The molecule has 1 aromatic heterocycles. The molecule has 1 saturated heterocycles. The fourth-order valence-electron chi connectivity index (χ4n) is 5.33. The number of halogens is 6. The number of carbonyl (C=O) groups is 1. The smallest absolute Gasteiger partial charge is 0.371 e. The predicted molar refractivity (Wildman–Crippen MR) is 141 cm³/mol. The highest BCUT2D eigenvalue weighted by atomic mass is 19.4. The van der Waals surface area contributed by atoms with E-state index in [4.69, 9.17) is 4.98 Å². The van der Waals surface area contributed by atoms with E-state index in [9.17, 15) is 31.1 Å². The van der Waals surface area contributed by atoms with Gasteiger partial charge in [-0.25, -0.2) is 4.98 Å². The molecule has 40 heavy (non-hydrogen) atoms. The molecule has 11 heteroatoms. The summed E-state index contributed by atoms with van der Waals surface area (Å²) in [6.45, 7) is 1.92. The van der Waals surface area contributed by atoms with Crippen molar-refractivity contribution in [2.24, 2.45) is 0 Å². The Morgan fingerprint density at radius 3 is 2.25 bits per heavy atom. The van der Waals surface area contributed by atoms with E-state index in [1.807, 2.05) is 30.3 Å². The molecule has 2 aromatic carbocycles. The van der Waals surface area contributed by atoms with Gasteiger partial charge in [0, 0.05) is 42.0 Å². The van der Waals surface area contributed by atoms with Crippen LogP contribution in [0.5, 0.6) is 0 Å². The van der Waals surface area contributed by atoms with Crippen LogP contribution >= 0.6 is 0 Å². The Kier molecular flexibility index (Phi) is 7.65. The summed E-state index contributed by atoms with van der Waals surface area (Å²) in [7, 11) is 0. The lowest BCUT2D eigenvalue weighted by molar-refractivity contribution is -0.143. The van der Waals surface area contributed by atoms with Gasteiger partial charge in [0.2, 0.25) is 0 Å². The molecule has 1 amide bonds. The molecule has 1 unspecified atom stereocenters. The number of para-hydroxylation sites is 1. The van der Waals surface area contributed by atoms with Gasteiger partial charge >= 0.3 is 12.4 Å². The van der Waals surface area contributed by atoms with Crippen molar-refractivity contribution in [1.29, 1.82) is 0 Å². The molecule has 1 atom stereocenters. The molecule has 212 valence electrons. The molecule has 2 aliphatic rings. The van der Waals surface area contributed by atoms with Crippen LogP contribution in [0.15, 0.2) is 60.3 Å². The van der Waals surface area contributed by atoms with Gasteiger partial charge in [0.1, 0.15) is 5.82 Å². The maximum Gasteiger partial charge on any atom is 0.416 e. The fraction of sp³-hybridized carbons (Fsp3) is 0.379. The average molecular weight is 563 g/mol. The van der Waals surface area contributed by atoms with Crippen molar-refractivity contribution >= 4 is 28.3 Å². The van der Waals surface area contributed by atoms with Crippen molar-refractivity contribution in [3.8, 4) is 0 Å². The third-order valence-electron chi connectivity index (χ3n) is 7.36. The van der Waals surface area contributed by atoms with Gasteiger partial charge < -0.3 is 15.5 Å². The van der Waals surface area contributed by atoms with Gasteiger partial charge in [-0.15, -0.1) is 0 Å². The van der Waals surface area contributed by atoms with E-state index in [2.05, 4.69) is 15.5 Å². The standard InChI is InChI=1S/C29H28F6N4O/c30-28(31,32)20-13-19(14-21(15-20)29(33,34)35)27(40)36-17-18-7-1-3-9-23(18)37-26-16-25(39-11-5-6-12-39)22-8-2-4-10-24(22)38-26/h2,4,8,10,13-17,23H,1,3,5-7,9,11-12H2,(H,36,40)(H,37,38)/b18-17-. The number of alkyl halides is 6. The lowest BCUT2D eigenvalue weighted by Crippen LogP contribution is -2.29. The first-order valence-corrected chi connectivity index (χ1v) is 13.2. The number of hydrogen-bond donors (Lipinski definition) is 2. The average Bonchev–Trinajstić information content (AvgIpc) is 3.46. The van der Waals surface area contributed by atoms with E-state index in [1.54, 1.807) is 0 Å². The van der Waals surface area contributed by atoms with Crippen molar-refractivity contribution in [2.75, 3.05) is 23.3 Å². The van der Waals surface area contributed by atoms with Crippen LogP contribution in [0.1, 0.15) is 60.0 Å². The van der Waals surface area contributed by atoms with Gasteiger partial charge in [0.05, 0.1) is 22.7 Å². The normalized spacial score (nSPS) is 19.3. The summed E-state index contributed by atoms with van der Waals surface area (Å²) >= 11 is 0. The van der Waals surface area contributed by atoms with Crippen LogP contribution < -0.4 is 15.5 Å². The summed E-state index contributed by atoms with van der Waals surface area (Å²) in [5, 5.41) is 6.93.